The third-order valence-corrected chi connectivity index (χ3v) is 3.68. The van der Waals surface area contributed by atoms with Gasteiger partial charge in [-0.15, -0.1) is 12.4 Å². The van der Waals surface area contributed by atoms with Gasteiger partial charge < -0.3 is 15.4 Å². The molecule has 1 aliphatic rings. The molecule has 1 saturated heterocycles. The van der Waals surface area contributed by atoms with Crippen LogP contribution in [0.25, 0.3) is 0 Å². The third-order valence-electron chi connectivity index (χ3n) is 3.68. The highest BCUT2D eigenvalue weighted by Gasteiger charge is 2.35. The first-order chi connectivity index (χ1) is 9.35. The molecule has 124 valence electrons. The summed E-state index contributed by atoms with van der Waals surface area (Å²) in [5, 5.41) is 0. The number of rotatable bonds is 7. The van der Waals surface area contributed by atoms with Crippen molar-refractivity contribution in [2.45, 2.75) is 59.1 Å². The van der Waals surface area contributed by atoms with Gasteiger partial charge in [-0.1, -0.05) is 13.8 Å². The lowest BCUT2D eigenvalue weighted by Crippen LogP contribution is -2.36. The lowest BCUT2D eigenvalue weighted by atomic mass is 9.94. The standard InChI is InChI=1S/C15H28N2O3.ClH/c1-10(2)7-12(9-16)8-14(18)20-13-5-6-17(11(3)4)15(13)19;/h10-13H,5-9,16H2,1-4H3;1H/t12-,13?;/m0./s1. The lowest BCUT2D eigenvalue weighted by Gasteiger charge is -2.21. The number of ether oxygens (including phenoxy) is 1. The van der Waals surface area contributed by atoms with E-state index < -0.39 is 6.10 Å². The van der Waals surface area contributed by atoms with Crippen LogP contribution in [-0.2, 0) is 14.3 Å². The zero-order valence-electron chi connectivity index (χ0n) is 13.5. The molecule has 0 radical (unpaired) electrons. The van der Waals surface area contributed by atoms with Gasteiger partial charge in [-0.05, 0) is 38.6 Å². The molecule has 2 atom stereocenters. The molecule has 1 rings (SSSR count). The van der Waals surface area contributed by atoms with Gasteiger partial charge in [-0.25, -0.2) is 0 Å². The first kappa shape index (κ1) is 20.2. The average molecular weight is 321 g/mol. The van der Waals surface area contributed by atoms with Crippen LogP contribution in [-0.4, -0.2) is 42.0 Å². The summed E-state index contributed by atoms with van der Waals surface area (Å²) in [6.45, 7) is 9.29. The van der Waals surface area contributed by atoms with Crippen molar-refractivity contribution in [2.75, 3.05) is 13.1 Å². The van der Waals surface area contributed by atoms with E-state index in [1.54, 1.807) is 4.90 Å². The van der Waals surface area contributed by atoms with E-state index in [0.717, 1.165) is 6.42 Å². The van der Waals surface area contributed by atoms with Crippen LogP contribution in [0.1, 0.15) is 47.0 Å². The summed E-state index contributed by atoms with van der Waals surface area (Å²) in [6.07, 6.45) is 1.21. The molecule has 0 saturated carbocycles. The molecular formula is C15H29ClN2O3. The van der Waals surface area contributed by atoms with Crippen molar-refractivity contribution in [1.29, 1.82) is 0 Å². The topological polar surface area (TPSA) is 72.6 Å². The Bertz CT molecular complexity index is 348. The van der Waals surface area contributed by atoms with E-state index >= 15 is 0 Å². The zero-order chi connectivity index (χ0) is 15.3. The van der Waals surface area contributed by atoms with E-state index in [9.17, 15) is 9.59 Å². The minimum absolute atomic E-state index is 0. The maximum atomic E-state index is 12.0. The highest BCUT2D eigenvalue weighted by molar-refractivity contribution is 5.86. The van der Waals surface area contributed by atoms with E-state index in [1.165, 1.54) is 0 Å². The monoisotopic (exact) mass is 320 g/mol. The second kappa shape index (κ2) is 9.26. The summed E-state index contributed by atoms with van der Waals surface area (Å²) in [5.74, 6) is 0.271. The number of halogens is 1. The average Bonchev–Trinajstić information content (AvgIpc) is 2.69. The Morgan fingerprint density at radius 3 is 2.43 bits per heavy atom. The maximum Gasteiger partial charge on any atom is 0.306 e. The van der Waals surface area contributed by atoms with Crippen LogP contribution in [0.5, 0.6) is 0 Å². The van der Waals surface area contributed by atoms with Crippen molar-refractivity contribution in [1.82, 2.24) is 4.90 Å². The van der Waals surface area contributed by atoms with Crippen LogP contribution >= 0.6 is 12.4 Å². The summed E-state index contributed by atoms with van der Waals surface area (Å²) >= 11 is 0. The van der Waals surface area contributed by atoms with Gasteiger partial charge in [0.25, 0.3) is 5.91 Å². The lowest BCUT2D eigenvalue weighted by molar-refractivity contribution is -0.157. The second-order valence-electron chi connectivity index (χ2n) is 6.33. The van der Waals surface area contributed by atoms with E-state index in [0.29, 0.717) is 31.8 Å². The number of hydrogen-bond acceptors (Lipinski definition) is 4. The van der Waals surface area contributed by atoms with Crippen molar-refractivity contribution in [3.8, 4) is 0 Å². The molecule has 1 aliphatic heterocycles. The zero-order valence-corrected chi connectivity index (χ0v) is 14.3. The van der Waals surface area contributed by atoms with Gasteiger partial charge in [0.2, 0.25) is 0 Å². The van der Waals surface area contributed by atoms with Crippen LogP contribution in [0.2, 0.25) is 0 Å². The Labute approximate surface area is 134 Å². The Hall–Kier alpha value is -0.810. The molecule has 1 unspecified atom stereocenters. The van der Waals surface area contributed by atoms with Gasteiger partial charge in [0.1, 0.15) is 0 Å². The van der Waals surface area contributed by atoms with Gasteiger partial charge >= 0.3 is 5.97 Å². The molecule has 5 nitrogen and oxygen atoms in total. The first-order valence-corrected chi connectivity index (χ1v) is 7.55. The maximum absolute atomic E-state index is 12.0. The summed E-state index contributed by atoms with van der Waals surface area (Å²) in [6, 6.07) is 0.156. The number of amides is 1. The van der Waals surface area contributed by atoms with Crippen molar-refractivity contribution in [3.05, 3.63) is 0 Å². The van der Waals surface area contributed by atoms with Crippen LogP contribution < -0.4 is 5.73 Å². The number of carbonyl (C=O) groups is 2. The molecule has 1 fully saturated rings. The van der Waals surface area contributed by atoms with Gasteiger partial charge in [0.15, 0.2) is 6.10 Å². The van der Waals surface area contributed by atoms with Crippen LogP contribution in [0.4, 0.5) is 0 Å². The molecule has 2 N–H and O–H groups in total. The SMILES string of the molecule is CC(C)C[C@H](CN)CC(=O)OC1CCN(C(C)C)C1=O.Cl. The molecule has 0 bridgehead atoms. The second-order valence-corrected chi connectivity index (χ2v) is 6.33. The Kier molecular flexibility index (Phi) is 8.90. The number of likely N-dealkylation sites (tertiary alicyclic amines) is 1. The minimum Gasteiger partial charge on any atom is -0.452 e. The summed E-state index contributed by atoms with van der Waals surface area (Å²) < 4.78 is 5.33. The van der Waals surface area contributed by atoms with Crippen molar-refractivity contribution in [3.63, 3.8) is 0 Å². The summed E-state index contributed by atoms with van der Waals surface area (Å²) in [7, 11) is 0. The van der Waals surface area contributed by atoms with Crippen LogP contribution in [0, 0.1) is 11.8 Å². The summed E-state index contributed by atoms with van der Waals surface area (Å²) in [4.78, 5) is 25.7. The van der Waals surface area contributed by atoms with Gasteiger partial charge in [-0.2, -0.15) is 0 Å². The van der Waals surface area contributed by atoms with Crippen molar-refractivity contribution in [2.24, 2.45) is 17.6 Å². The van der Waals surface area contributed by atoms with E-state index in [1.807, 2.05) is 13.8 Å². The fraction of sp³-hybridized carbons (Fsp3) is 0.867. The Morgan fingerprint density at radius 1 is 1.38 bits per heavy atom. The molecule has 0 aromatic heterocycles. The van der Waals surface area contributed by atoms with E-state index in [4.69, 9.17) is 10.5 Å². The Balaban J connectivity index is 0.00000400. The predicted molar refractivity (Wildman–Crippen MR) is 85.2 cm³/mol. The van der Waals surface area contributed by atoms with E-state index in [-0.39, 0.29) is 36.2 Å². The fourth-order valence-electron chi connectivity index (χ4n) is 2.67. The summed E-state index contributed by atoms with van der Waals surface area (Å²) in [5.41, 5.74) is 5.68. The van der Waals surface area contributed by atoms with Crippen LogP contribution in [0.3, 0.4) is 0 Å². The Morgan fingerprint density at radius 2 is 2.00 bits per heavy atom. The quantitative estimate of drug-likeness (QED) is 0.728. The normalized spacial score (nSPS) is 19.9. The first-order valence-electron chi connectivity index (χ1n) is 7.55. The molecule has 0 spiro atoms. The predicted octanol–water partition coefficient (Wildman–Crippen LogP) is 1.97. The smallest absolute Gasteiger partial charge is 0.306 e. The molecule has 21 heavy (non-hydrogen) atoms. The number of nitrogens with two attached hydrogens (primary N) is 1. The van der Waals surface area contributed by atoms with Crippen molar-refractivity contribution >= 4 is 24.3 Å². The molecule has 0 aromatic carbocycles. The number of carbonyl (C=O) groups excluding carboxylic acids is 2. The molecule has 1 amide bonds. The largest absolute Gasteiger partial charge is 0.452 e. The van der Waals surface area contributed by atoms with E-state index in [2.05, 4.69) is 13.8 Å². The number of hydrogen-bond donors (Lipinski definition) is 1. The molecular weight excluding hydrogens is 292 g/mol. The number of nitrogens with zero attached hydrogens (tertiary/aromatic N) is 1. The molecule has 1 heterocycles. The van der Waals surface area contributed by atoms with Gasteiger partial charge in [0.05, 0.1) is 0 Å². The molecule has 0 aromatic rings. The minimum atomic E-state index is -0.595. The fourth-order valence-corrected chi connectivity index (χ4v) is 2.67. The molecule has 0 aliphatic carbocycles. The van der Waals surface area contributed by atoms with Gasteiger partial charge in [0, 0.05) is 25.4 Å². The highest BCUT2D eigenvalue weighted by Crippen LogP contribution is 2.20. The van der Waals surface area contributed by atoms with Crippen molar-refractivity contribution < 1.29 is 14.3 Å². The van der Waals surface area contributed by atoms with Crippen LogP contribution in [0.15, 0.2) is 0 Å². The molecule has 6 heteroatoms. The van der Waals surface area contributed by atoms with Gasteiger partial charge in [-0.3, -0.25) is 9.59 Å². The highest BCUT2D eigenvalue weighted by atomic mass is 35.5. The third kappa shape index (κ3) is 6.22. The number of esters is 1.